The first-order valence-corrected chi connectivity index (χ1v) is 6.17. The molecule has 1 aliphatic rings. The molecule has 0 amide bonds. The standard InChI is InChI=1S/C10H11NO3S/c1-14-9-4-2-8(3-5-9)10-6-7-15(12,13)11-10/h2-5H,6-7H2,1H3. The molecule has 1 heterocycles. The molecule has 0 radical (unpaired) electrons. The third kappa shape index (κ3) is 2.18. The second kappa shape index (κ2) is 3.66. The maximum Gasteiger partial charge on any atom is 0.253 e. The molecule has 0 saturated heterocycles. The average molecular weight is 225 g/mol. The van der Waals surface area contributed by atoms with E-state index in [0.717, 1.165) is 11.3 Å². The number of methoxy groups -OCH3 is 1. The van der Waals surface area contributed by atoms with Crippen molar-refractivity contribution in [1.82, 2.24) is 0 Å². The summed E-state index contributed by atoms with van der Waals surface area (Å²) in [5, 5.41) is 0. The Morgan fingerprint density at radius 3 is 2.40 bits per heavy atom. The van der Waals surface area contributed by atoms with Gasteiger partial charge in [0.25, 0.3) is 10.0 Å². The van der Waals surface area contributed by atoms with Gasteiger partial charge in [-0.3, -0.25) is 0 Å². The zero-order valence-electron chi connectivity index (χ0n) is 8.30. The van der Waals surface area contributed by atoms with E-state index in [-0.39, 0.29) is 5.75 Å². The van der Waals surface area contributed by atoms with Crippen molar-refractivity contribution in [2.45, 2.75) is 6.42 Å². The summed E-state index contributed by atoms with van der Waals surface area (Å²) in [4.78, 5) is 0. The van der Waals surface area contributed by atoms with Crippen LogP contribution in [0.25, 0.3) is 0 Å². The molecule has 1 aromatic carbocycles. The first kappa shape index (κ1) is 10.2. The molecule has 0 bridgehead atoms. The highest BCUT2D eigenvalue weighted by atomic mass is 32.2. The summed E-state index contributed by atoms with van der Waals surface area (Å²) in [5.41, 5.74) is 1.48. The minimum absolute atomic E-state index is 0.119. The maximum atomic E-state index is 11.1. The Hall–Kier alpha value is -1.36. The number of hydrogen-bond acceptors (Lipinski definition) is 3. The van der Waals surface area contributed by atoms with E-state index >= 15 is 0 Å². The summed E-state index contributed by atoms with van der Waals surface area (Å²) in [6, 6.07) is 7.22. The predicted molar refractivity (Wildman–Crippen MR) is 57.9 cm³/mol. The van der Waals surface area contributed by atoms with Crippen LogP contribution in [-0.2, 0) is 10.0 Å². The molecule has 0 aromatic heterocycles. The highest BCUT2D eigenvalue weighted by Crippen LogP contribution is 2.18. The Balaban J connectivity index is 2.32. The molecule has 0 atom stereocenters. The van der Waals surface area contributed by atoms with Crippen molar-refractivity contribution in [2.24, 2.45) is 4.40 Å². The molecular formula is C10H11NO3S. The first-order chi connectivity index (χ1) is 7.11. The SMILES string of the molecule is COc1ccc(C2=NS(=O)(=O)CC2)cc1. The summed E-state index contributed by atoms with van der Waals surface area (Å²) in [6.45, 7) is 0. The largest absolute Gasteiger partial charge is 0.497 e. The molecule has 80 valence electrons. The van der Waals surface area contributed by atoms with Gasteiger partial charge in [0, 0.05) is 6.42 Å². The van der Waals surface area contributed by atoms with Crippen molar-refractivity contribution in [3.05, 3.63) is 29.8 Å². The molecule has 2 rings (SSSR count). The van der Waals surface area contributed by atoms with Crippen LogP contribution in [0.1, 0.15) is 12.0 Å². The maximum absolute atomic E-state index is 11.1. The predicted octanol–water partition coefficient (Wildman–Crippen LogP) is 1.22. The molecule has 0 unspecified atom stereocenters. The Bertz CT molecular complexity index is 488. The van der Waals surface area contributed by atoms with Gasteiger partial charge in [0.15, 0.2) is 0 Å². The number of nitrogens with zero attached hydrogens (tertiary/aromatic N) is 1. The van der Waals surface area contributed by atoms with Crippen LogP contribution >= 0.6 is 0 Å². The topological polar surface area (TPSA) is 55.7 Å². The van der Waals surface area contributed by atoms with E-state index < -0.39 is 10.0 Å². The quantitative estimate of drug-likeness (QED) is 0.760. The number of rotatable bonds is 2. The number of ether oxygens (including phenoxy) is 1. The van der Waals surface area contributed by atoms with Crippen LogP contribution < -0.4 is 4.74 Å². The second-order valence-electron chi connectivity index (χ2n) is 3.30. The van der Waals surface area contributed by atoms with Crippen LogP contribution in [-0.4, -0.2) is 27.0 Å². The molecule has 0 aliphatic carbocycles. The van der Waals surface area contributed by atoms with Crippen molar-refractivity contribution in [3.63, 3.8) is 0 Å². The van der Waals surface area contributed by atoms with E-state index in [2.05, 4.69) is 4.40 Å². The minimum Gasteiger partial charge on any atom is -0.497 e. The molecule has 1 aliphatic heterocycles. The van der Waals surface area contributed by atoms with Gasteiger partial charge in [0.2, 0.25) is 0 Å². The lowest BCUT2D eigenvalue weighted by Gasteiger charge is -2.01. The summed E-state index contributed by atoms with van der Waals surface area (Å²) in [7, 11) is -1.61. The van der Waals surface area contributed by atoms with Gasteiger partial charge in [-0.05, 0) is 29.8 Å². The van der Waals surface area contributed by atoms with Crippen molar-refractivity contribution < 1.29 is 13.2 Å². The highest BCUT2D eigenvalue weighted by Gasteiger charge is 2.20. The van der Waals surface area contributed by atoms with Gasteiger partial charge in [0.05, 0.1) is 18.6 Å². The summed E-state index contributed by atoms with van der Waals surface area (Å²) in [5.74, 6) is 0.870. The molecule has 1 aromatic rings. The van der Waals surface area contributed by atoms with Crippen molar-refractivity contribution in [3.8, 4) is 5.75 Å². The zero-order valence-corrected chi connectivity index (χ0v) is 9.12. The van der Waals surface area contributed by atoms with Crippen LogP contribution in [0.5, 0.6) is 5.75 Å². The van der Waals surface area contributed by atoms with E-state index in [0.29, 0.717) is 12.1 Å². The van der Waals surface area contributed by atoms with Gasteiger partial charge in [-0.2, -0.15) is 4.40 Å². The van der Waals surface area contributed by atoms with Crippen LogP contribution in [0.3, 0.4) is 0 Å². The van der Waals surface area contributed by atoms with Gasteiger partial charge in [-0.25, -0.2) is 8.42 Å². The van der Waals surface area contributed by atoms with Crippen LogP contribution in [0.2, 0.25) is 0 Å². The number of hydrogen-bond donors (Lipinski definition) is 0. The fraction of sp³-hybridized carbons (Fsp3) is 0.300. The van der Waals surface area contributed by atoms with Gasteiger partial charge >= 0.3 is 0 Å². The first-order valence-electron chi connectivity index (χ1n) is 4.57. The lowest BCUT2D eigenvalue weighted by molar-refractivity contribution is 0.415. The van der Waals surface area contributed by atoms with Crippen LogP contribution in [0.15, 0.2) is 28.7 Å². The van der Waals surface area contributed by atoms with Crippen molar-refractivity contribution in [1.29, 1.82) is 0 Å². The minimum atomic E-state index is -3.20. The Morgan fingerprint density at radius 2 is 1.93 bits per heavy atom. The number of benzene rings is 1. The third-order valence-electron chi connectivity index (χ3n) is 2.27. The normalized spacial score (nSPS) is 18.6. The third-order valence-corrected chi connectivity index (χ3v) is 3.49. The molecule has 0 saturated carbocycles. The van der Waals surface area contributed by atoms with E-state index in [1.54, 1.807) is 19.2 Å². The van der Waals surface area contributed by atoms with Crippen LogP contribution in [0, 0.1) is 0 Å². The molecule has 0 N–H and O–H groups in total. The highest BCUT2D eigenvalue weighted by molar-refractivity contribution is 7.90. The fourth-order valence-electron chi connectivity index (χ4n) is 1.47. The van der Waals surface area contributed by atoms with E-state index in [1.165, 1.54) is 0 Å². The lowest BCUT2D eigenvalue weighted by atomic mass is 10.1. The summed E-state index contributed by atoms with van der Waals surface area (Å²) < 4.78 is 31.0. The van der Waals surface area contributed by atoms with E-state index in [4.69, 9.17) is 4.74 Å². The van der Waals surface area contributed by atoms with Gasteiger partial charge in [-0.15, -0.1) is 0 Å². The zero-order chi connectivity index (χ0) is 10.9. The van der Waals surface area contributed by atoms with Gasteiger partial charge in [0.1, 0.15) is 5.75 Å². The molecule has 0 spiro atoms. The smallest absolute Gasteiger partial charge is 0.253 e. The fourth-order valence-corrected chi connectivity index (χ4v) is 2.54. The average Bonchev–Trinajstić information content (AvgIpc) is 2.59. The summed E-state index contributed by atoms with van der Waals surface area (Å²) >= 11 is 0. The van der Waals surface area contributed by atoms with Crippen molar-refractivity contribution in [2.75, 3.05) is 12.9 Å². The molecule has 0 fully saturated rings. The Labute approximate surface area is 88.7 Å². The monoisotopic (exact) mass is 225 g/mol. The number of sulfonamides is 1. The Morgan fingerprint density at radius 1 is 1.27 bits per heavy atom. The summed E-state index contributed by atoms with van der Waals surface area (Å²) in [6.07, 6.45) is 0.495. The molecule has 4 nitrogen and oxygen atoms in total. The molecule has 15 heavy (non-hydrogen) atoms. The van der Waals surface area contributed by atoms with Crippen LogP contribution in [0.4, 0.5) is 0 Å². The molecule has 5 heteroatoms. The molecular weight excluding hydrogens is 214 g/mol. The van der Waals surface area contributed by atoms with E-state index in [1.807, 2.05) is 12.1 Å². The van der Waals surface area contributed by atoms with Gasteiger partial charge < -0.3 is 4.74 Å². The van der Waals surface area contributed by atoms with Gasteiger partial charge in [-0.1, -0.05) is 0 Å². The van der Waals surface area contributed by atoms with Crippen molar-refractivity contribution >= 4 is 15.7 Å². The Kier molecular flexibility index (Phi) is 2.48. The van der Waals surface area contributed by atoms with E-state index in [9.17, 15) is 8.42 Å². The lowest BCUT2D eigenvalue weighted by Crippen LogP contribution is -1.97. The second-order valence-corrected chi connectivity index (χ2v) is 5.06.